The van der Waals surface area contributed by atoms with Crippen molar-refractivity contribution in [3.8, 4) is 0 Å². The monoisotopic (exact) mass is 503 g/mol. The van der Waals surface area contributed by atoms with E-state index in [1.165, 1.54) is 15.0 Å². The molecule has 9 heteroatoms. The second-order valence-corrected chi connectivity index (χ2v) is 8.76. The first kappa shape index (κ1) is 22.8. The van der Waals surface area contributed by atoms with Crippen LogP contribution in [0.1, 0.15) is 21.5 Å². The zero-order valence-corrected chi connectivity index (χ0v) is 19.8. The Morgan fingerprint density at radius 3 is 2.31 bits per heavy atom. The Morgan fingerprint density at radius 1 is 0.943 bits per heavy atom. The third kappa shape index (κ3) is 4.32. The van der Waals surface area contributed by atoms with Gasteiger partial charge < -0.3 is 9.88 Å². The molecule has 5 rings (SSSR count). The highest BCUT2D eigenvalue weighted by atomic mass is 35.5. The molecule has 0 aliphatic rings. The van der Waals surface area contributed by atoms with Gasteiger partial charge in [-0.25, -0.2) is 4.98 Å². The van der Waals surface area contributed by atoms with Crippen LogP contribution in [-0.4, -0.2) is 19.9 Å². The number of benzene rings is 2. The number of rotatable bonds is 5. The van der Waals surface area contributed by atoms with Crippen LogP contribution in [0.2, 0.25) is 10.0 Å². The molecule has 2 N–H and O–H groups in total. The van der Waals surface area contributed by atoms with Gasteiger partial charge in [-0.05, 0) is 41.5 Å². The van der Waals surface area contributed by atoms with Gasteiger partial charge in [0.2, 0.25) is 0 Å². The van der Waals surface area contributed by atoms with Gasteiger partial charge in [-0.3, -0.25) is 19.4 Å². The molecule has 0 fully saturated rings. The smallest absolute Gasteiger partial charge is 0.267 e. The molecule has 0 bridgehead atoms. The number of aromatic nitrogens is 3. The fourth-order valence-corrected chi connectivity index (χ4v) is 4.32. The van der Waals surface area contributed by atoms with Crippen molar-refractivity contribution in [1.29, 1.82) is 5.41 Å². The van der Waals surface area contributed by atoms with E-state index in [0.717, 1.165) is 11.1 Å². The van der Waals surface area contributed by atoms with Gasteiger partial charge in [-0.15, -0.1) is 0 Å². The number of amides is 1. The van der Waals surface area contributed by atoms with E-state index >= 15 is 0 Å². The van der Waals surface area contributed by atoms with Gasteiger partial charge in [0.1, 0.15) is 16.8 Å². The molecule has 2 aromatic carbocycles. The number of carbonyl (C=O) groups is 1. The molecule has 0 atom stereocenters. The molecule has 5 aromatic rings. The van der Waals surface area contributed by atoms with Gasteiger partial charge in [0.05, 0.1) is 17.5 Å². The van der Waals surface area contributed by atoms with Gasteiger partial charge in [-0.1, -0.05) is 65.7 Å². The molecule has 0 unspecified atom stereocenters. The average Bonchev–Trinajstić information content (AvgIpc) is 2.86. The minimum atomic E-state index is -0.498. The van der Waals surface area contributed by atoms with Crippen LogP contribution < -0.4 is 16.4 Å². The maximum Gasteiger partial charge on any atom is 0.267 e. The van der Waals surface area contributed by atoms with E-state index in [0.29, 0.717) is 21.3 Å². The zero-order chi connectivity index (χ0) is 24.5. The highest BCUT2D eigenvalue weighted by Gasteiger charge is 2.18. The van der Waals surface area contributed by atoms with E-state index in [4.69, 9.17) is 28.6 Å². The second-order valence-electron chi connectivity index (χ2n) is 7.94. The minimum absolute atomic E-state index is 0.0476. The predicted octanol–water partition coefficient (Wildman–Crippen LogP) is 4.41. The van der Waals surface area contributed by atoms with Crippen LogP contribution in [0.25, 0.3) is 16.7 Å². The number of nitrogens with zero attached hydrogens (tertiary/aromatic N) is 3. The molecule has 0 saturated carbocycles. The van der Waals surface area contributed by atoms with Crippen molar-refractivity contribution in [1.82, 2.24) is 19.3 Å². The molecule has 1 amide bonds. The summed E-state index contributed by atoms with van der Waals surface area (Å²) in [5.74, 6) is -0.498. The van der Waals surface area contributed by atoms with Crippen molar-refractivity contribution in [2.75, 3.05) is 0 Å². The first-order valence-electron chi connectivity index (χ1n) is 10.8. The van der Waals surface area contributed by atoms with E-state index in [-0.39, 0.29) is 35.1 Å². The van der Waals surface area contributed by atoms with E-state index in [2.05, 4.69) is 10.3 Å². The maximum absolute atomic E-state index is 13.3. The lowest BCUT2D eigenvalue weighted by atomic mass is 10.1. The minimum Gasteiger partial charge on any atom is -0.348 e. The van der Waals surface area contributed by atoms with Crippen LogP contribution in [0.4, 0.5) is 0 Å². The molecule has 35 heavy (non-hydrogen) atoms. The fraction of sp³-hybridized carbons (Fsp3) is 0.0769. The van der Waals surface area contributed by atoms with Crippen LogP contribution in [0.5, 0.6) is 0 Å². The topological polar surface area (TPSA) is 92.2 Å². The summed E-state index contributed by atoms with van der Waals surface area (Å²) in [7, 11) is 0. The molecule has 0 spiro atoms. The lowest BCUT2D eigenvalue weighted by Crippen LogP contribution is -2.35. The molecular formula is C26H19Cl2N5O2. The third-order valence-electron chi connectivity index (χ3n) is 5.75. The Morgan fingerprint density at radius 2 is 1.60 bits per heavy atom. The normalized spacial score (nSPS) is 11.1. The lowest BCUT2D eigenvalue weighted by Gasteiger charge is -2.15. The summed E-state index contributed by atoms with van der Waals surface area (Å²) in [4.78, 5) is 31.2. The van der Waals surface area contributed by atoms with Crippen molar-refractivity contribution in [2.24, 2.45) is 0 Å². The molecule has 0 radical (unpaired) electrons. The van der Waals surface area contributed by atoms with E-state index < -0.39 is 5.91 Å². The Kier molecular flexibility index (Phi) is 6.11. The summed E-state index contributed by atoms with van der Waals surface area (Å²) in [5, 5.41) is 12.9. The third-order valence-corrected chi connectivity index (χ3v) is 6.48. The molecule has 7 nitrogen and oxygen atoms in total. The lowest BCUT2D eigenvalue weighted by molar-refractivity contribution is 0.0948. The molecule has 0 aliphatic carbocycles. The molecule has 174 valence electrons. The van der Waals surface area contributed by atoms with E-state index in [9.17, 15) is 9.59 Å². The predicted molar refractivity (Wildman–Crippen MR) is 136 cm³/mol. The van der Waals surface area contributed by atoms with Crippen LogP contribution in [0.15, 0.2) is 83.8 Å². The number of hydrogen-bond acceptors (Lipinski definition) is 4. The Labute approximate surface area is 209 Å². The van der Waals surface area contributed by atoms with Gasteiger partial charge in [0.25, 0.3) is 11.5 Å². The Bertz CT molecular complexity index is 1730. The first-order chi connectivity index (χ1) is 16.9. The van der Waals surface area contributed by atoms with Gasteiger partial charge in [-0.2, -0.15) is 0 Å². The molecule has 3 aromatic heterocycles. The van der Waals surface area contributed by atoms with Gasteiger partial charge >= 0.3 is 0 Å². The molecule has 0 saturated heterocycles. The molecule has 0 aliphatic heterocycles. The van der Waals surface area contributed by atoms with Crippen LogP contribution in [-0.2, 0) is 13.1 Å². The summed E-state index contributed by atoms with van der Waals surface area (Å²) in [6.07, 6.45) is 1.62. The summed E-state index contributed by atoms with van der Waals surface area (Å²) in [6.45, 7) is 0.339. The van der Waals surface area contributed by atoms with Gasteiger partial charge in [0.15, 0.2) is 0 Å². The zero-order valence-electron chi connectivity index (χ0n) is 18.3. The van der Waals surface area contributed by atoms with Crippen molar-refractivity contribution < 1.29 is 4.79 Å². The van der Waals surface area contributed by atoms with Crippen LogP contribution in [0, 0.1) is 5.41 Å². The number of hydrogen-bond donors (Lipinski definition) is 2. The van der Waals surface area contributed by atoms with Gasteiger partial charge in [0, 0.05) is 22.8 Å². The highest BCUT2D eigenvalue weighted by Crippen LogP contribution is 2.19. The summed E-state index contributed by atoms with van der Waals surface area (Å²) < 4.78 is 2.95. The number of pyridine rings is 2. The number of halogens is 2. The Balaban J connectivity index is 1.68. The molecular weight excluding hydrogens is 485 g/mol. The van der Waals surface area contributed by atoms with Crippen molar-refractivity contribution in [2.45, 2.75) is 13.1 Å². The van der Waals surface area contributed by atoms with E-state index in [1.807, 2.05) is 30.3 Å². The van der Waals surface area contributed by atoms with Crippen molar-refractivity contribution in [3.05, 3.63) is 122 Å². The average molecular weight is 504 g/mol. The largest absolute Gasteiger partial charge is 0.348 e. The van der Waals surface area contributed by atoms with Crippen molar-refractivity contribution >= 4 is 45.8 Å². The quantitative estimate of drug-likeness (QED) is 0.348. The van der Waals surface area contributed by atoms with Crippen molar-refractivity contribution in [3.63, 3.8) is 0 Å². The highest BCUT2D eigenvalue weighted by molar-refractivity contribution is 6.31. The van der Waals surface area contributed by atoms with E-state index in [1.54, 1.807) is 42.6 Å². The van der Waals surface area contributed by atoms with Crippen LogP contribution >= 0.6 is 23.2 Å². The summed E-state index contributed by atoms with van der Waals surface area (Å²) in [6, 6.07) is 21.1. The number of carbonyl (C=O) groups excluding carboxylic acids is 1. The first-order valence-corrected chi connectivity index (χ1v) is 11.5. The molecule has 3 heterocycles. The summed E-state index contributed by atoms with van der Waals surface area (Å²) >= 11 is 12.6. The number of nitrogens with one attached hydrogen (secondary N) is 2. The Hall–Kier alpha value is -3.94. The fourth-order valence-electron chi connectivity index (χ4n) is 3.92. The second kappa shape index (κ2) is 9.37. The summed E-state index contributed by atoms with van der Waals surface area (Å²) in [5.41, 5.74) is 1.84. The van der Waals surface area contributed by atoms with Crippen LogP contribution in [0.3, 0.4) is 0 Å². The standard InChI is InChI=1S/C26H19Cl2N5O2/c27-20-9-3-1-7-16(20)14-30-25(34)18-13-19-24(31-22-11-5-6-12-32(22)26(19)35)33(23(18)29)15-17-8-2-4-10-21(17)28/h1-13,29H,14-15H2,(H,30,34). The SMILES string of the molecule is N=c1c(C(=O)NCc2ccccc2Cl)cc2c(=O)n3ccccc3nc2n1Cc1ccccc1Cl. The number of fused-ring (bicyclic) bond motifs is 2. The maximum atomic E-state index is 13.3.